The lowest BCUT2D eigenvalue weighted by Gasteiger charge is -2.25. The highest BCUT2D eigenvalue weighted by molar-refractivity contribution is 9.10. The first-order chi connectivity index (χ1) is 9.90. The molecule has 0 atom stereocenters. The molecule has 2 amide bonds. The predicted octanol–water partition coefficient (Wildman–Crippen LogP) is 1.85. The molecular weight excluding hydrogens is 336 g/mol. The lowest BCUT2D eigenvalue weighted by Crippen LogP contribution is -2.45. The molecular formula is C15H21BrN2O3. The molecule has 5 nitrogen and oxygen atoms in total. The maximum absolute atomic E-state index is 11.9. The lowest BCUT2D eigenvalue weighted by molar-refractivity contribution is -0.121. The third-order valence-corrected chi connectivity index (χ3v) is 3.92. The van der Waals surface area contributed by atoms with Crippen LogP contribution >= 0.6 is 15.9 Å². The summed E-state index contributed by atoms with van der Waals surface area (Å²) in [4.78, 5) is 23.5. The van der Waals surface area contributed by atoms with Crippen molar-refractivity contribution < 1.29 is 14.7 Å². The molecule has 21 heavy (non-hydrogen) atoms. The van der Waals surface area contributed by atoms with E-state index in [0.29, 0.717) is 18.4 Å². The summed E-state index contributed by atoms with van der Waals surface area (Å²) in [7, 11) is 0. The maximum atomic E-state index is 11.9. The molecule has 0 aliphatic rings. The number of benzene rings is 1. The molecule has 0 spiro atoms. The van der Waals surface area contributed by atoms with Gasteiger partial charge in [-0.1, -0.05) is 35.8 Å². The molecule has 0 aliphatic carbocycles. The topological polar surface area (TPSA) is 78.4 Å². The highest BCUT2D eigenvalue weighted by atomic mass is 79.9. The fraction of sp³-hybridized carbons (Fsp3) is 0.467. The molecule has 0 aliphatic heterocycles. The van der Waals surface area contributed by atoms with Crippen LogP contribution in [0.5, 0.6) is 0 Å². The Morgan fingerprint density at radius 1 is 1.24 bits per heavy atom. The molecule has 116 valence electrons. The Hall–Kier alpha value is -1.40. The average molecular weight is 357 g/mol. The number of rotatable bonds is 7. The van der Waals surface area contributed by atoms with Gasteiger partial charge in [-0.05, 0) is 31.0 Å². The summed E-state index contributed by atoms with van der Waals surface area (Å²) in [6, 6.07) is 6.92. The SMILES string of the molecule is CCC(O)(CC)CNC(=O)CNC(=O)c1cccc(Br)c1. The highest BCUT2D eigenvalue weighted by Gasteiger charge is 2.22. The molecule has 3 N–H and O–H groups in total. The van der Waals surface area contributed by atoms with Gasteiger partial charge >= 0.3 is 0 Å². The zero-order valence-corrected chi connectivity index (χ0v) is 13.9. The second-order valence-corrected chi connectivity index (χ2v) is 5.82. The number of aliphatic hydroxyl groups is 1. The Morgan fingerprint density at radius 2 is 1.90 bits per heavy atom. The van der Waals surface area contributed by atoms with Gasteiger partial charge in [0.05, 0.1) is 12.1 Å². The van der Waals surface area contributed by atoms with E-state index in [1.165, 1.54) is 0 Å². The summed E-state index contributed by atoms with van der Waals surface area (Å²) in [5.74, 6) is -0.633. The average Bonchev–Trinajstić information content (AvgIpc) is 2.50. The predicted molar refractivity (Wildman–Crippen MR) is 85.0 cm³/mol. The van der Waals surface area contributed by atoms with Crippen LogP contribution in [0.4, 0.5) is 0 Å². The molecule has 0 bridgehead atoms. The Balaban J connectivity index is 2.41. The minimum atomic E-state index is -0.885. The monoisotopic (exact) mass is 356 g/mol. The molecule has 0 unspecified atom stereocenters. The van der Waals surface area contributed by atoms with Crippen LogP contribution in [-0.4, -0.2) is 35.6 Å². The second kappa shape index (κ2) is 8.14. The van der Waals surface area contributed by atoms with Gasteiger partial charge in [-0.15, -0.1) is 0 Å². The van der Waals surface area contributed by atoms with Gasteiger partial charge in [0.1, 0.15) is 0 Å². The number of halogens is 1. The quantitative estimate of drug-likeness (QED) is 0.697. The van der Waals surface area contributed by atoms with Crippen LogP contribution in [0, 0.1) is 0 Å². The van der Waals surface area contributed by atoms with Crippen molar-refractivity contribution in [2.45, 2.75) is 32.3 Å². The molecule has 1 aromatic carbocycles. The van der Waals surface area contributed by atoms with Crippen molar-refractivity contribution in [2.75, 3.05) is 13.1 Å². The number of nitrogens with one attached hydrogen (secondary N) is 2. The largest absolute Gasteiger partial charge is 0.388 e. The number of hydrogen-bond donors (Lipinski definition) is 3. The van der Waals surface area contributed by atoms with Gasteiger partial charge in [-0.3, -0.25) is 9.59 Å². The van der Waals surface area contributed by atoms with Crippen LogP contribution in [0.15, 0.2) is 28.7 Å². The zero-order chi connectivity index (χ0) is 15.9. The van der Waals surface area contributed by atoms with E-state index in [0.717, 1.165) is 4.47 Å². The van der Waals surface area contributed by atoms with Crippen LogP contribution < -0.4 is 10.6 Å². The Bertz CT molecular complexity index is 501. The van der Waals surface area contributed by atoms with E-state index in [2.05, 4.69) is 26.6 Å². The first kappa shape index (κ1) is 17.7. The van der Waals surface area contributed by atoms with Crippen LogP contribution in [-0.2, 0) is 4.79 Å². The van der Waals surface area contributed by atoms with E-state index in [1.807, 2.05) is 19.9 Å². The lowest BCUT2D eigenvalue weighted by atomic mass is 9.98. The molecule has 0 saturated carbocycles. The normalized spacial score (nSPS) is 11.0. The fourth-order valence-electron chi connectivity index (χ4n) is 1.72. The smallest absolute Gasteiger partial charge is 0.251 e. The van der Waals surface area contributed by atoms with Crippen molar-refractivity contribution in [1.29, 1.82) is 0 Å². The highest BCUT2D eigenvalue weighted by Crippen LogP contribution is 2.13. The van der Waals surface area contributed by atoms with Gasteiger partial charge < -0.3 is 15.7 Å². The first-order valence-corrected chi connectivity index (χ1v) is 7.72. The Labute approximate surface area is 133 Å². The maximum Gasteiger partial charge on any atom is 0.251 e. The van der Waals surface area contributed by atoms with Crippen LogP contribution in [0.3, 0.4) is 0 Å². The summed E-state index contributed by atoms with van der Waals surface area (Å²) in [6.07, 6.45) is 1.13. The standard InChI is InChI=1S/C15H21BrN2O3/c1-3-15(21,4-2)10-18-13(19)9-17-14(20)11-6-5-7-12(16)8-11/h5-8,21H,3-4,9-10H2,1-2H3,(H,17,20)(H,18,19). The van der Waals surface area contributed by atoms with Crippen molar-refractivity contribution in [2.24, 2.45) is 0 Å². The summed E-state index contributed by atoms with van der Waals surface area (Å²) < 4.78 is 0.801. The minimum Gasteiger partial charge on any atom is -0.388 e. The summed E-state index contributed by atoms with van der Waals surface area (Å²) in [5.41, 5.74) is -0.403. The van der Waals surface area contributed by atoms with Gasteiger partial charge in [0.15, 0.2) is 0 Å². The van der Waals surface area contributed by atoms with Crippen molar-refractivity contribution in [3.05, 3.63) is 34.3 Å². The molecule has 1 rings (SSSR count). The van der Waals surface area contributed by atoms with Gasteiger partial charge in [-0.25, -0.2) is 0 Å². The molecule has 0 saturated heterocycles. The van der Waals surface area contributed by atoms with Crippen molar-refractivity contribution in [1.82, 2.24) is 10.6 Å². The van der Waals surface area contributed by atoms with Crippen molar-refractivity contribution in [3.63, 3.8) is 0 Å². The van der Waals surface area contributed by atoms with Gasteiger partial charge in [0.25, 0.3) is 5.91 Å². The number of carbonyl (C=O) groups excluding carboxylic acids is 2. The number of hydrogen-bond acceptors (Lipinski definition) is 3. The van der Waals surface area contributed by atoms with Gasteiger partial charge in [0, 0.05) is 16.6 Å². The van der Waals surface area contributed by atoms with Crippen molar-refractivity contribution in [3.8, 4) is 0 Å². The van der Waals surface area contributed by atoms with Crippen LogP contribution in [0.2, 0.25) is 0 Å². The fourth-order valence-corrected chi connectivity index (χ4v) is 2.12. The van der Waals surface area contributed by atoms with Crippen LogP contribution in [0.1, 0.15) is 37.0 Å². The van der Waals surface area contributed by atoms with E-state index >= 15 is 0 Å². The molecule has 0 fully saturated rings. The summed E-state index contributed by atoms with van der Waals surface area (Å²) in [6.45, 7) is 3.80. The zero-order valence-electron chi connectivity index (χ0n) is 12.3. The Morgan fingerprint density at radius 3 is 2.48 bits per heavy atom. The molecule has 6 heteroatoms. The molecule has 0 heterocycles. The third-order valence-electron chi connectivity index (χ3n) is 3.43. The number of amides is 2. The van der Waals surface area contributed by atoms with E-state index in [4.69, 9.17) is 0 Å². The van der Waals surface area contributed by atoms with E-state index < -0.39 is 5.60 Å². The Kier molecular flexibility index (Phi) is 6.84. The van der Waals surface area contributed by atoms with Crippen LogP contribution in [0.25, 0.3) is 0 Å². The van der Waals surface area contributed by atoms with E-state index in [9.17, 15) is 14.7 Å². The van der Waals surface area contributed by atoms with E-state index in [-0.39, 0.29) is 24.9 Å². The molecule has 1 aromatic rings. The first-order valence-electron chi connectivity index (χ1n) is 6.93. The summed E-state index contributed by atoms with van der Waals surface area (Å²) in [5, 5.41) is 15.2. The molecule has 0 radical (unpaired) electrons. The number of carbonyl (C=O) groups is 2. The van der Waals surface area contributed by atoms with E-state index in [1.54, 1.807) is 18.2 Å². The van der Waals surface area contributed by atoms with Crippen molar-refractivity contribution >= 4 is 27.7 Å². The molecule has 0 aromatic heterocycles. The second-order valence-electron chi connectivity index (χ2n) is 4.90. The third kappa shape index (κ3) is 5.85. The van der Waals surface area contributed by atoms with Gasteiger partial charge in [0.2, 0.25) is 5.91 Å². The van der Waals surface area contributed by atoms with Gasteiger partial charge in [-0.2, -0.15) is 0 Å². The minimum absolute atomic E-state index is 0.116. The summed E-state index contributed by atoms with van der Waals surface area (Å²) >= 11 is 3.29.